The van der Waals surface area contributed by atoms with E-state index in [4.69, 9.17) is 0 Å². The van der Waals surface area contributed by atoms with Crippen LogP contribution in [-0.2, 0) is 6.42 Å². The molecule has 0 aliphatic rings. The highest BCUT2D eigenvalue weighted by molar-refractivity contribution is 5.19. The molecule has 0 saturated carbocycles. The first-order chi connectivity index (χ1) is 10.3. The van der Waals surface area contributed by atoms with Gasteiger partial charge in [0.1, 0.15) is 11.6 Å². The van der Waals surface area contributed by atoms with Gasteiger partial charge in [-0.05, 0) is 37.1 Å². The minimum Gasteiger partial charge on any atom is -0.349 e. The number of aryl methyl sites for hydroxylation is 1. The number of unbranched alkanes of at least 4 members (excludes halogenated alkanes) is 1. The van der Waals surface area contributed by atoms with Gasteiger partial charge >= 0.3 is 0 Å². The van der Waals surface area contributed by atoms with Crippen molar-refractivity contribution in [3.05, 3.63) is 53.9 Å². The summed E-state index contributed by atoms with van der Waals surface area (Å²) in [5.74, 6) is 0.856. The van der Waals surface area contributed by atoms with E-state index >= 15 is 0 Å². The molecule has 4 heteroatoms. The summed E-state index contributed by atoms with van der Waals surface area (Å²) in [5.41, 5.74) is 1.17. The monoisotopic (exact) mass is 289 g/mol. The molecule has 3 nitrogen and oxygen atoms in total. The lowest BCUT2D eigenvalue weighted by Gasteiger charge is -2.19. The highest BCUT2D eigenvalue weighted by Crippen LogP contribution is 2.19. The Hall–Kier alpha value is -1.68. The Bertz CT molecular complexity index is 493. The van der Waals surface area contributed by atoms with Crippen molar-refractivity contribution in [3.63, 3.8) is 0 Å². The molecular formula is C17H24FN3. The summed E-state index contributed by atoms with van der Waals surface area (Å²) in [6.07, 6.45) is 9.06. The molecule has 1 heterocycles. The number of aromatic nitrogens is 2. The van der Waals surface area contributed by atoms with Crippen LogP contribution >= 0.6 is 0 Å². The Morgan fingerprint density at radius 1 is 1.24 bits per heavy atom. The van der Waals surface area contributed by atoms with Crippen LogP contribution in [0.5, 0.6) is 0 Å². The summed E-state index contributed by atoms with van der Waals surface area (Å²) in [4.78, 5) is 7.34. The zero-order chi connectivity index (χ0) is 14.9. The SMILES string of the molecule is CCCCC(NCCCc1ncc[nH]1)c1ccc(F)cc1. The third kappa shape index (κ3) is 5.31. The van der Waals surface area contributed by atoms with Gasteiger partial charge in [-0.25, -0.2) is 9.37 Å². The number of rotatable bonds is 9. The maximum absolute atomic E-state index is 13.0. The minimum absolute atomic E-state index is 0.175. The second kappa shape index (κ2) is 8.57. The van der Waals surface area contributed by atoms with Crippen molar-refractivity contribution >= 4 is 0 Å². The van der Waals surface area contributed by atoms with Crippen molar-refractivity contribution in [2.75, 3.05) is 6.54 Å². The van der Waals surface area contributed by atoms with E-state index in [0.29, 0.717) is 6.04 Å². The summed E-state index contributed by atoms with van der Waals surface area (Å²) >= 11 is 0. The van der Waals surface area contributed by atoms with E-state index < -0.39 is 0 Å². The van der Waals surface area contributed by atoms with E-state index in [1.54, 1.807) is 18.3 Å². The van der Waals surface area contributed by atoms with Crippen LogP contribution in [0.3, 0.4) is 0 Å². The van der Waals surface area contributed by atoms with E-state index in [9.17, 15) is 4.39 Å². The van der Waals surface area contributed by atoms with Gasteiger partial charge in [0.05, 0.1) is 0 Å². The van der Waals surface area contributed by atoms with Gasteiger partial charge in [0.15, 0.2) is 0 Å². The molecule has 1 atom stereocenters. The number of nitrogens with one attached hydrogen (secondary N) is 2. The summed E-state index contributed by atoms with van der Waals surface area (Å²) in [6, 6.07) is 7.16. The van der Waals surface area contributed by atoms with E-state index in [2.05, 4.69) is 22.2 Å². The minimum atomic E-state index is -0.175. The second-order valence-electron chi connectivity index (χ2n) is 5.34. The van der Waals surface area contributed by atoms with Crippen LogP contribution in [0.1, 0.15) is 50.0 Å². The van der Waals surface area contributed by atoms with Crippen molar-refractivity contribution in [2.24, 2.45) is 0 Å². The molecule has 0 aliphatic heterocycles. The van der Waals surface area contributed by atoms with Crippen LogP contribution in [0.15, 0.2) is 36.7 Å². The molecule has 0 fully saturated rings. The number of H-pyrrole nitrogens is 1. The standard InChI is InChI=1S/C17H24FN3/c1-2-3-5-16(14-7-9-15(18)10-8-14)19-11-4-6-17-20-12-13-21-17/h7-10,12-13,16,19H,2-6,11H2,1H3,(H,20,21). The molecule has 1 unspecified atom stereocenters. The van der Waals surface area contributed by atoms with Crippen molar-refractivity contribution in [2.45, 2.75) is 45.1 Å². The largest absolute Gasteiger partial charge is 0.349 e. The van der Waals surface area contributed by atoms with E-state index in [1.165, 1.54) is 18.4 Å². The van der Waals surface area contributed by atoms with Gasteiger partial charge < -0.3 is 10.3 Å². The fourth-order valence-corrected chi connectivity index (χ4v) is 2.46. The Labute approximate surface area is 126 Å². The van der Waals surface area contributed by atoms with E-state index in [-0.39, 0.29) is 5.82 Å². The molecule has 0 saturated heterocycles. The molecule has 1 aromatic heterocycles. The van der Waals surface area contributed by atoms with Crippen LogP contribution in [0.2, 0.25) is 0 Å². The molecule has 0 amide bonds. The lowest BCUT2D eigenvalue weighted by Crippen LogP contribution is -2.23. The third-order valence-electron chi connectivity index (χ3n) is 3.65. The van der Waals surface area contributed by atoms with E-state index in [0.717, 1.165) is 31.6 Å². The molecule has 2 N–H and O–H groups in total. The zero-order valence-electron chi connectivity index (χ0n) is 12.6. The number of imidazole rings is 1. The van der Waals surface area contributed by atoms with Gasteiger partial charge in [-0.2, -0.15) is 0 Å². The van der Waals surface area contributed by atoms with Gasteiger partial charge in [-0.3, -0.25) is 0 Å². The van der Waals surface area contributed by atoms with Crippen LogP contribution < -0.4 is 5.32 Å². The summed E-state index contributed by atoms with van der Waals surface area (Å²) in [6.45, 7) is 3.13. The molecule has 0 spiro atoms. The van der Waals surface area contributed by atoms with Crippen molar-refractivity contribution in [1.82, 2.24) is 15.3 Å². The van der Waals surface area contributed by atoms with Gasteiger partial charge in [0.25, 0.3) is 0 Å². The lowest BCUT2D eigenvalue weighted by molar-refractivity contribution is 0.474. The summed E-state index contributed by atoms with van der Waals surface area (Å²) in [7, 11) is 0. The summed E-state index contributed by atoms with van der Waals surface area (Å²) < 4.78 is 13.0. The molecule has 1 aromatic carbocycles. The molecular weight excluding hydrogens is 265 g/mol. The molecule has 0 bridgehead atoms. The first-order valence-electron chi connectivity index (χ1n) is 7.76. The Morgan fingerprint density at radius 2 is 2.05 bits per heavy atom. The topological polar surface area (TPSA) is 40.7 Å². The van der Waals surface area contributed by atoms with Crippen molar-refractivity contribution in [3.8, 4) is 0 Å². The third-order valence-corrected chi connectivity index (χ3v) is 3.65. The Morgan fingerprint density at radius 3 is 2.71 bits per heavy atom. The molecule has 2 rings (SSSR count). The van der Waals surface area contributed by atoms with Crippen LogP contribution in [0.4, 0.5) is 4.39 Å². The molecule has 21 heavy (non-hydrogen) atoms. The first kappa shape index (κ1) is 15.7. The van der Waals surface area contributed by atoms with Crippen LogP contribution in [0.25, 0.3) is 0 Å². The van der Waals surface area contributed by atoms with Crippen LogP contribution in [-0.4, -0.2) is 16.5 Å². The Kier molecular flexibility index (Phi) is 6.41. The number of halogens is 1. The average molecular weight is 289 g/mol. The predicted octanol–water partition coefficient (Wildman–Crippen LogP) is 4.00. The van der Waals surface area contributed by atoms with Crippen LogP contribution in [0, 0.1) is 5.82 Å². The number of aromatic amines is 1. The number of hydrogen-bond acceptors (Lipinski definition) is 2. The average Bonchev–Trinajstić information content (AvgIpc) is 3.01. The molecule has 0 aliphatic carbocycles. The zero-order valence-corrected chi connectivity index (χ0v) is 12.6. The van der Waals surface area contributed by atoms with E-state index in [1.807, 2.05) is 18.3 Å². The number of benzene rings is 1. The normalized spacial score (nSPS) is 12.5. The predicted molar refractivity (Wildman–Crippen MR) is 83.6 cm³/mol. The fourth-order valence-electron chi connectivity index (χ4n) is 2.46. The maximum atomic E-state index is 13.0. The highest BCUT2D eigenvalue weighted by Gasteiger charge is 2.10. The van der Waals surface area contributed by atoms with Gasteiger partial charge in [-0.1, -0.05) is 31.9 Å². The first-order valence-corrected chi connectivity index (χ1v) is 7.76. The lowest BCUT2D eigenvalue weighted by atomic mass is 10.0. The van der Waals surface area contributed by atoms with Crippen molar-refractivity contribution < 1.29 is 4.39 Å². The summed E-state index contributed by atoms with van der Waals surface area (Å²) in [5, 5.41) is 3.59. The quantitative estimate of drug-likeness (QED) is 0.685. The van der Waals surface area contributed by atoms with Gasteiger partial charge in [0, 0.05) is 24.9 Å². The van der Waals surface area contributed by atoms with Gasteiger partial charge in [-0.15, -0.1) is 0 Å². The maximum Gasteiger partial charge on any atom is 0.123 e. The number of hydrogen-bond donors (Lipinski definition) is 2. The molecule has 114 valence electrons. The van der Waals surface area contributed by atoms with Crippen molar-refractivity contribution in [1.29, 1.82) is 0 Å². The van der Waals surface area contributed by atoms with Gasteiger partial charge in [0.2, 0.25) is 0 Å². The fraction of sp³-hybridized carbons (Fsp3) is 0.471. The highest BCUT2D eigenvalue weighted by atomic mass is 19.1. The molecule has 2 aromatic rings. The Balaban J connectivity index is 1.82. The number of nitrogens with zero attached hydrogens (tertiary/aromatic N) is 1. The smallest absolute Gasteiger partial charge is 0.123 e. The second-order valence-corrected chi connectivity index (χ2v) is 5.34. The molecule has 0 radical (unpaired) electrons.